The number of rotatable bonds is 11. The van der Waals surface area contributed by atoms with Crippen LogP contribution in [-0.4, -0.2) is 95.1 Å². The zero-order chi connectivity index (χ0) is 30.1. The summed E-state index contributed by atoms with van der Waals surface area (Å²) in [6, 6.07) is 10.2. The van der Waals surface area contributed by atoms with Crippen LogP contribution in [0, 0.1) is 17.2 Å². The second kappa shape index (κ2) is 14.1. The normalized spacial score (nSPS) is 16.5. The van der Waals surface area contributed by atoms with Crippen LogP contribution in [0.5, 0.6) is 5.75 Å². The first-order valence-electron chi connectivity index (χ1n) is 13.6. The number of amides is 3. The highest BCUT2D eigenvalue weighted by Gasteiger charge is 2.33. The minimum atomic E-state index is -1.09. The van der Waals surface area contributed by atoms with E-state index in [2.05, 4.69) is 27.5 Å². The Kier molecular flexibility index (Phi) is 10.1. The number of carbonyl (C=O) groups excluding carboxylic acids is 2. The Morgan fingerprint density at radius 2 is 1.95 bits per heavy atom. The smallest absolute Gasteiger partial charge is 0.404 e. The zero-order valence-electron chi connectivity index (χ0n) is 23.5. The van der Waals surface area contributed by atoms with Gasteiger partial charge in [-0.05, 0) is 42.7 Å². The number of anilines is 2. The molecule has 0 saturated carbocycles. The van der Waals surface area contributed by atoms with Crippen LogP contribution >= 0.6 is 0 Å². The number of nitriles is 1. The molecule has 1 aromatic carbocycles. The molecule has 1 aliphatic rings. The highest BCUT2D eigenvalue weighted by atomic mass is 16.5. The number of likely N-dealkylation sites (tertiary alicyclic amines) is 1. The van der Waals surface area contributed by atoms with E-state index in [0.717, 1.165) is 6.42 Å². The summed E-state index contributed by atoms with van der Waals surface area (Å²) in [7, 11) is 1.92. The molecule has 3 amide bonds. The number of nitrogens with zero attached hydrogens (tertiary/aromatic N) is 6. The van der Waals surface area contributed by atoms with E-state index in [1.807, 2.05) is 18.0 Å². The molecule has 0 radical (unpaired) electrons. The Morgan fingerprint density at radius 3 is 2.69 bits per heavy atom. The third-order valence-electron chi connectivity index (χ3n) is 7.14. The minimum Gasteiger partial charge on any atom is -0.491 e. The summed E-state index contributed by atoms with van der Waals surface area (Å²) in [5, 5.41) is 23.2. The monoisotopic (exact) mass is 578 g/mol. The number of benzene rings is 1. The van der Waals surface area contributed by atoms with Gasteiger partial charge in [0.2, 0.25) is 5.91 Å². The van der Waals surface area contributed by atoms with E-state index < -0.39 is 12.1 Å². The molecule has 0 aliphatic carbocycles. The summed E-state index contributed by atoms with van der Waals surface area (Å²) in [4.78, 5) is 48.5. The lowest BCUT2D eigenvalue weighted by atomic mass is 9.92. The Hall–Kier alpha value is -4.90. The Labute approximate surface area is 242 Å². The summed E-state index contributed by atoms with van der Waals surface area (Å²) < 4.78 is 12.3. The number of carbonyl (C=O) groups is 3. The lowest BCUT2D eigenvalue weighted by Crippen LogP contribution is -2.52. The maximum Gasteiger partial charge on any atom is 0.404 e. The van der Waals surface area contributed by atoms with E-state index in [9.17, 15) is 14.4 Å². The fourth-order valence-corrected chi connectivity index (χ4v) is 4.87. The van der Waals surface area contributed by atoms with Gasteiger partial charge in [0.15, 0.2) is 5.65 Å². The van der Waals surface area contributed by atoms with Gasteiger partial charge in [0.05, 0.1) is 30.7 Å². The SMILES string of the molecule is C[C@@H]1CCN(C(=O)CC#N)C[C@@H]1N(C)c1ncnc2c1ccn2C(=O)Nc1ccc(OCCOCCNC(=O)O)cc1. The fourth-order valence-electron chi connectivity index (χ4n) is 4.87. The van der Waals surface area contributed by atoms with Gasteiger partial charge in [-0.15, -0.1) is 0 Å². The Balaban J connectivity index is 1.37. The van der Waals surface area contributed by atoms with Crippen molar-refractivity contribution in [2.75, 3.05) is 56.7 Å². The van der Waals surface area contributed by atoms with E-state index >= 15 is 0 Å². The van der Waals surface area contributed by atoms with Gasteiger partial charge in [0.1, 0.15) is 30.9 Å². The van der Waals surface area contributed by atoms with Crippen LogP contribution < -0.4 is 20.3 Å². The molecule has 0 bridgehead atoms. The quantitative estimate of drug-likeness (QED) is 0.287. The lowest BCUT2D eigenvalue weighted by molar-refractivity contribution is -0.131. The number of nitrogens with one attached hydrogen (secondary N) is 2. The number of carboxylic acid groups (broad SMARTS) is 1. The van der Waals surface area contributed by atoms with Gasteiger partial charge in [-0.2, -0.15) is 5.26 Å². The molecule has 222 valence electrons. The van der Waals surface area contributed by atoms with E-state index in [1.165, 1.54) is 10.9 Å². The van der Waals surface area contributed by atoms with Crippen molar-refractivity contribution in [3.63, 3.8) is 0 Å². The average molecular weight is 579 g/mol. The molecule has 4 rings (SSSR count). The van der Waals surface area contributed by atoms with Crippen molar-refractivity contribution in [3.05, 3.63) is 42.9 Å². The van der Waals surface area contributed by atoms with Crippen molar-refractivity contribution in [2.24, 2.45) is 5.92 Å². The van der Waals surface area contributed by atoms with Gasteiger partial charge in [-0.1, -0.05) is 6.92 Å². The standard InChI is InChI=1S/C28H34N8O6/c1-19-8-12-35(24(37)7-10-29)17-23(19)34(2)25-22-9-13-36(26(22)32-18-31-25)27(38)33-20-3-5-21(6-4-20)42-16-15-41-14-11-30-28(39)40/h3-6,9,13,18-19,23,30H,7-8,11-12,14-17H2,1-2H3,(H,33,38)(H,39,40)/t19-,23+/m1/s1. The van der Waals surface area contributed by atoms with Crippen LogP contribution in [0.1, 0.15) is 19.8 Å². The topological polar surface area (TPSA) is 175 Å². The average Bonchev–Trinajstić information content (AvgIpc) is 3.42. The predicted molar refractivity (Wildman–Crippen MR) is 154 cm³/mol. The van der Waals surface area contributed by atoms with Gasteiger partial charge in [-0.3, -0.25) is 9.36 Å². The number of ether oxygens (including phenoxy) is 2. The number of hydrogen-bond acceptors (Lipinski definition) is 9. The van der Waals surface area contributed by atoms with E-state index in [-0.39, 0.29) is 37.4 Å². The molecular formula is C28H34N8O6. The summed E-state index contributed by atoms with van der Waals surface area (Å²) >= 11 is 0. The van der Waals surface area contributed by atoms with Crippen molar-refractivity contribution in [3.8, 4) is 11.8 Å². The van der Waals surface area contributed by atoms with Crippen molar-refractivity contribution < 1.29 is 29.0 Å². The van der Waals surface area contributed by atoms with E-state index in [0.29, 0.717) is 54.6 Å². The van der Waals surface area contributed by atoms with Crippen molar-refractivity contribution in [2.45, 2.75) is 25.8 Å². The molecule has 1 fully saturated rings. The summed E-state index contributed by atoms with van der Waals surface area (Å²) in [5.41, 5.74) is 1.01. The van der Waals surface area contributed by atoms with Gasteiger partial charge in [0.25, 0.3) is 0 Å². The number of likely N-dealkylation sites (N-methyl/N-ethyl adjacent to an activating group) is 1. The van der Waals surface area contributed by atoms with Crippen LogP contribution in [0.15, 0.2) is 42.9 Å². The maximum atomic E-state index is 13.1. The van der Waals surface area contributed by atoms with Gasteiger partial charge in [-0.25, -0.2) is 19.6 Å². The summed E-state index contributed by atoms with van der Waals surface area (Å²) in [6.45, 7) is 4.29. The number of piperidine rings is 1. The largest absolute Gasteiger partial charge is 0.491 e. The summed E-state index contributed by atoms with van der Waals surface area (Å²) in [6.07, 6.45) is 2.64. The molecule has 3 aromatic rings. The molecule has 42 heavy (non-hydrogen) atoms. The van der Waals surface area contributed by atoms with E-state index in [4.69, 9.17) is 19.8 Å². The molecule has 2 aromatic heterocycles. The predicted octanol–water partition coefficient (Wildman–Crippen LogP) is 2.76. The molecule has 1 aliphatic heterocycles. The van der Waals surface area contributed by atoms with Crippen LogP contribution in [0.4, 0.5) is 21.1 Å². The number of aromatic nitrogens is 3. The van der Waals surface area contributed by atoms with Gasteiger partial charge < -0.3 is 35.0 Å². The molecule has 0 unspecified atom stereocenters. The number of hydrogen-bond donors (Lipinski definition) is 3. The molecule has 3 N–H and O–H groups in total. The Morgan fingerprint density at radius 1 is 1.17 bits per heavy atom. The van der Waals surface area contributed by atoms with Gasteiger partial charge >= 0.3 is 12.1 Å². The molecule has 2 atom stereocenters. The summed E-state index contributed by atoms with van der Waals surface area (Å²) in [5.74, 6) is 1.37. The molecular weight excluding hydrogens is 544 g/mol. The van der Waals surface area contributed by atoms with E-state index in [1.54, 1.807) is 41.4 Å². The lowest BCUT2D eigenvalue weighted by Gasteiger charge is -2.42. The second-order valence-electron chi connectivity index (χ2n) is 9.89. The van der Waals surface area contributed by atoms with Crippen LogP contribution in [0.2, 0.25) is 0 Å². The highest BCUT2D eigenvalue weighted by molar-refractivity contribution is 5.99. The Bertz CT molecular complexity index is 1440. The third kappa shape index (κ3) is 7.43. The van der Waals surface area contributed by atoms with Gasteiger partial charge in [0, 0.05) is 38.6 Å². The van der Waals surface area contributed by atoms with Crippen molar-refractivity contribution >= 4 is 40.6 Å². The highest BCUT2D eigenvalue weighted by Crippen LogP contribution is 2.30. The zero-order valence-corrected chi connectivity index (χ0v) is 23.5. The fraction of sp³-hybridized carbons (Fsp3) is 0.429. The minimum absolute atomic E-state index is 0.0158. The first-order chi connectivity index (χ1) is 20.3. The van der Waals surface area contributed by atoms with Crippen LogP contribution in [0.25, 0.3) is 11.0 Å². The van der Waals surface area contributed by atoms with Crippen LogP contribution in [-0.2, 0) is 9.53 Å². The van der Waals surface area contributed by atoms with Crippen molar-refractivity contribution in [1.29, 1.82) is 5.26 Å². The third-order valence-corrected chi connectivity index (χ3v) is 7.14. The van der Waals surface area contributed by atoms with Crippen molar-refractivity contribution in [1.82, 2.24) is 24.8 Å². The first-order valence-corrected chi connectivity index (χ1v) is 13.6. The molecule has 1 saturated heterocycles. The maximum absolute atomic E-state index is 13.1. The molecule has 0 spiro atoms. The molecule has 3 heterocycles. The number of fused-ring (bicyclic) bond motifs is 1. The second-order valence-corrected chi connectivity index (χ2v) is 9.89. The molecule has 14 heteroatoms. The molecule has 14 nitrogen and oxygen atoms in total. The van der Waals surface area contributed by atoms with Crippen LogP contribution in [0.3, 0.4) is 0 Å². The first kappa shape index (κ1) is 30.1.